The van der Waals surface area contributed by atoms with E-state index >= 15 is 0 Å². The van der Waals surface area contributed by atoms with Crippen LogP contribution in [0.2, 0.25) is 0 Å². The molecular weight excluding hydrogens is 260 g/mol. The maximum atomic E-state index is 6.23. The van der Waals surface area contributed by atoms with Crippen LogP contribution in [0.25, 0.3) is 0 Å². The first-order chi connectivity index (χ1) is 9.94. The number of aromatic nitrogens is 1. The lowest BCUT2D eigenvalue weighted by molar-refractivity contribution is 0.0880. The summed E-state index contributed by atoms with van der Waals surface area (Å²) in [5.41, 5.74) is 8.64. The highest BCUT2D eigenvalue weighted by Gasteiger charge is 2.40. The Kier molecular flexibility index (Phi) is 6.62. The van der Waals surface area contributed by atoms with Crippen LogP contribution in [-0.4, -0.2) is 36.1 Å². The van der Waals surface area contributed by atoms with Gasteiger partial charge in [-0.15, -0.1) is 0 Å². The zero-order valence-corrected chi connectivity index (χ0v) is 14.5. The van der Waals surface area contributed by atoms with E-state index in [2.05, 4.69) is 63.1 Å². The van der Waals surface area contributed by atoms with E-state index in [1.165, 1.54) is 5.56 Å². The molecule has 0 aliphatic carbocycles. The summed E-state index contributed by atoms with van der Waals surface area (Å²) in [5.74, 6) is 0.650. The molecule has 4 nitrogen and oxygen atoms in total. The minimum Gasteiger partial charge on any atom is -0.383 e. The maximum Gasteiger partial charge on any atom is 0.128 e. The summed E-state index contributed by atoms with van der Waals surface area (Å²) in [5, 5.41) is 3.73. The van der Waals surface area contributed by atoms with E-state index in [9.17, 15) is 0 Å². The molecule has 1 aromatic heterocycles. The van der Waals surface area contributed by atoms with Gasteiger partial charge >= 0.3 is 0 Å². The number of hydrogen-bond acceptors (Lipinski definition) is 4. The van der Waals surface area contributed by atoms with E-state index in [1.807, 2.05) is 0 Å². The van der Waals surface area contributed by atoms with Gasteiger partial charge in [0, 0.05) is 17.3 Å². The third-order valence-electron chi connectivity index (χ3n) is 4.78. The molecule has 0 radical (unpaired) electrons. The second-order valence-corrected chi connectivity index (χ2v) is 6.02. The van der Waals surface area contributed by atoms with Crippen molar-refractivity contribution >= 4 is 5.82 Å². The van der Waals surface area contributed by atoms with Crippen molar-refractivity contribution in [2.24, 2.45) is 0 Å². The smallest absolute Gasteiger partial charge is 0.128 e. The molecule has 1 unspecified atom stereocenters. The van der Waals surface area contributed by atoms with Crippen molar-refractivity contribution in [1.29, 1.82) is 0 Å². The zero-order chi connectivity index (χ0) is 16.0. The number of nitrogens with one attached hydrogen (secondary N) is 1. The second-order valence-electron chi connectivity index (χ2n) is 6.02. The predicted octanol–water partition coefficient (Wildman–Crippen LogP) is 3.13. The number of nitrogens with zero attached hydrogens (tertiary/aromatic N) is 2. The lowest BCUT2D eigenvalue weighted by atomic mass is 9.78. The SMILES string of the molecule is CCCNC(c1c(C)ccnc1N)C(CC)(CC)N(C)C. The number of pyridine rings is 1. The molecule has 21 heavy (non-hydrogen) atoms. The highest BCUT2D eigenvalue weighted by Crippen LogP contribution is 2.39. The van der Waals surface area contributed by atoms with Crippen LogP contribution in [0.3, 0.4) is 0 Å². The first-order valence-corrected chi connectivity index (χ1v) is 8.06. The Morgan fingerprint density at radius 3 is 2.33 bits per heavy atom. The van der Waals surface area contributed by atoms with Crippen LogP contribution >= 0.6 is 0 Å². The Morgan fingerprint density at radius 2 is 1.90 bits per heavy atom. The maximum absolute atomic E-state index is 6.23. The van der Waals surface area contributed by atoms with E-state index in [4.69, 9.17) is 5.73 Å². The third kappa shape index (κ3) is 3.55. The number of rotatable bonds is 8. The van der Waals surface area contributed by atoms with Crippen LogP contribution in [-0.2, 0) is 0 Å². The van der Waals surface area contributed by atoms with Gasteiger partial charge in [0.05, 0.1) is 6.04 Å². The molecule has 0 bridgehead atoms. The molecule has 4 heteroatoms. The molecular formula is C17H32N4. The highest BCUT2D eigenvalue weighted by atomic mass is 15.2. The molecule has 0 saturated carbocycles. The van der Waals surface area contributed by atoms with E-state index in [0.717, 1.165) is 31.4 Å². The molecule has 0 spiro atoms. The first kappa shape index (κ1) is 17.9. The van der Waals surface area contributed by atoms with Crippen LogP contribution in [0, 0.1) is 6.92 Å². The number of nitrogens with two attached hydrogens (primary N) is 1. The van der Waals surface area contributed by atoms with Crippen LogP contribution < -0.4 is 11.1 Å². The number of anilines is 1. The molecule has 0 aliphatic rings. The molecule has 0 saturated heterocycles. The summed E-state index contributed by atoms with van der Waals surface area (Å²) in [4.78, 5) is 6.67. The summed E-state index contributed by atoms with van der Waals surface area (Å²) < 4.78 is 0. The Bertz CT molecular complexity index is 418. The predicted molar refractivity (Wildman–Crippen MR) is 91.4 cm³/mol. The van der Waals surface area contributed by atoms with Gasteiger partial charge in [-0.2, -0.15) is 0 Å². The molecule has 1 atom stereocenters. The van der Waals surface area contributed by atoms with Gasteiger partial charge < -0.3 is 16.0 Å². The summed E-state index contributed by atoms with van der Waals surface area (Å²) in [6.07, 6.45) is 5.02. The molecule has 0 aromatic carbocycles. The van der Waals surface area contributed by atoms with Crippen LogP contribution in [0.15, 0.2) is 12.3 Å². The minimum absolute atomic E-state index is 0.0388. The topological polar surface area (TPSA) is 54.2 Å². The number of likely N-dealkylation sites (N-methyl/N-ethyl adjacent to an activating group) is 1. The Balaban J connectivity index is 3.40. The largest absolute Gasteiger partial charge is 0.383 e. The summed E-state index contributed by atoms with van der Waals surface area (Å²) in [7, 11) is 4.32. The van der Waals surface area contributed by atoms with Crippen molar-refractivity contribution in [2.75, 3.05) is 26.4 Å². The number of aryl methyl sites for hydroxylation is 1. The Labute approximate surface area is 130 Å². The summed E-state index contributed by atoms with van der Waals surface area (Å²) in [6.45, 7) is 9.81. The van der Waals surface area contributed by atoms with Crippen molar-refractivity contribution in [3.05, 3.63) is 23.4 Å². The van der Waals surface area contributed by atoms with Gasteiger partial charge in [-0.05, 0) is 58.5 Å². The van der Waals surface area contributed by atoms with E-state index in [-0.39, 0.29) is 11.6 Å². The fourth-order valence-electron chi connectivity index (χ4n) is 3.36. The van der Waals surface area contributed by atoms with Gasteiger partial charge in [-0.25, -0.2) is 4.98 Å². The molecule has 0 amide bonds. The molecule has 0 fully saturated rings. The van der Waals surface area contributed by atoms with E-state index in [0.29, 0.717) is 5.82 Å². The average molecular weight is 292 g/mol. The van der Waals surface area contributed by atoms with Gasteiger partial charge in [0.25, 0.3) is 0 Å². The van der Waals surface area contributed by atoms with Gasteiger partial charge in [-0.1, -0.05) is 20.8 Å². The summed E-state index contributed by atoms with van der Waals surface area (Å²) in [6, 6.07) is 2.24. The second kappa shape index (κ2) is 7.76. The lowest BCUT2D eigenvalue weighted by Crippen LogP contribution is -2.53. The van der Waals surface area contributed by atoms with Crippen LogP contribution in [0.5, 0.6) is 0 Å². The van der Waals surface area contributed by atoms with Crippen molar-refractivity contribution in [2.45, 2.75) is 58.5 Å². The van der Waals surface area contributed by atoms with Crippen molar-refractivity contribution < 1.29 is 0 Å². The fourth-order valence-corrected chi connectivity index (χ4v) is 3.36. The number of nitrogen functional groups attached to an aromatic ring is 1. The van der Waals surface area contributed by atoms with E-state index < -0.39 is 0 Å². The highest BCUT2D eigenvalue weighted by molar-refractivity contribution is 5.47. The standard InChI is InChI=1S/C17H32N4/c1-7-11-19-15(17(8-2,9-3)21(5)6)14-13(4)10-12-20-16(14)18/h10,12,15,19H,7-9,11H2,1-6H3,(H2,18,20). The quantitative estimate of drug-likeness (QED) is 0.773. The molecule has 1 rings (SSSR count). The summed E-state index contributed by atoms with van der Waals surface area (Å²) >= 11 is 0. The van der Waals surface area contributed by atoms with Crippen LogP contribution in [0.1, 0.15) is 57.2 Å². The molecule has 1 heterocycles. The molecule has 3 N–H and O–H groups in total. The van der Waals surface area contributed by atoms with E-state index in [1.54, 1.807) is 6.20 Å². The molecule has 120 valence electrons. The third-order valence-corrected chi connectivity index (χ3v) is 4.78. The Morgan fingerprint density at radius 1 is 1.29 bits per heavy atom. The number of hydrogen-bond donors (Lipinski definition) is 2. The van der Waals surface area contributed by atoms with Crippen molar-refractivity contribution in [3.8, 4) is 0 Å². The van der Waals surface area contributed by atoms with Crippen molar-refractivity contribution in [3.63, 3.8) is 0 Å². The fraction of sp³-hybridized carbons (Fsp3) is 0.706. The Hall–Kier alpha value is -1.13. The van der Waals surface area contributed by atoms with Crippen molar-refractivity contribution in [1.82, 2.24) is 15.2 Å². The monoisotopic (exact) mass is 292 g/mol. The van der Waals surface area contributed by atoms with Crippen LogP contribution in [0.4, 0.5) is 5.82 Å². The minimum atomic E-state index is 0.0388. The molecule has 0 aliphatic heterocycles. The molecule has 1 aromatic rings. The van der Waals surface area contributed by atoms with Gasteiger partial charge in [0.2, 0.25) is 0 Å². The average Bonchev–Trinajstić information content (AvgIpc) is 2.45. The normalized spacial score (nSPS) is 13.7. The van der Waals surface area contributed by atoms with Gasteiger partial charge in [0.15, 0.2) is 0 Å². The first-order valence-electron chi connectivity index (χ1n) is 8.06. The van der Waals surface area contributed by atoms with Gasteiger partial charge in [0.1, 0.15) is 5.82 Å². The zero-order valence-electron chi connectivity index (χ0n) is 14.5. The lowest BCUT2D eigenvalue weighted by Gasteiger charge is -2.46. The van der Waals surface area contributed by atoms with Gasteiger partial charge in [-0.3, -0.25) is 0 Å².